The van der Waals surface area contributed by atoms with E-state index in [9.17, 15) is 5.11 Å². The van der Waals surface area contributed by atoms with Crippen LogP contribution < -0.4 is 4.74 Å². The number of rotatable bonds is 7. The summed E-state index contributed by atoms with van der Waals surface area (Å²) < 4.78 is 5.98. The van der Waals surface area contributed by atoms with E-state index in [2.05, 4.69) is 43.3 Å². The molecule has 0 fully saturated rings. The Kier molecular flexibility index (Phi) is 6.73. The van der Waals surface area contributed by atoms with Crippen LogP contribution in [0.1, 0.15) is 37.0 Å². The van der Waals surface area contributed by atoms with Crippen LogP contribution in [0.3, 0.4) is 0 Å². The van der Waals surface area contributed by atoms with Crippen LogP contribution in [0.25, 0.3) is 11.1 Å². The Bertz CT molecular complexity index is 942. The molecule has 0 saturated heterocycles. The largest absolute Gasteiger partial charge is 0.508 e. The molecule has 0 saturated carbocycles. The molecular weight excluding hydrogens is 358 g/mol. The third kappa shape index (κ3) is 5.07. The second-order valence-electron chi connectivity index (χ2n) is 7.33. The van der Waals surface area contributed by atoms with Gasteiger partial charge in [0.15, 0.2) is 0 Å². The van der Waals surface area contributed by atoms with Crippen LogP contribution in [0, 0.1) is 0 Å². The fourth-order valence-electron chi connectivity index (χ4n) is 3.31. The van der Waals surface area contributed by atoms with Crippen LogP contribution >= 0.6 is 0 Å². The summed E-state index contributed by atoms with van der Waals surface area (Å²) in [6.07, 6.45) is 0.902. The highest BCUT2D eigenvalue weighted by atomic mass is 16.5. The molecule has 150 valence electrons. The van der Waals surface area contributed by atoms with Crippen LogP contribution in [-0.4, -0.2) is 30.3 Å². The van der Waals surface area contributed by atoms with Crippen molar-refractivity contribution in [2.24, 2.45) is 0 Å². The van der Waals surface area contributed by atoms with Crippen LogP contribution in [-0.2, 0) is 0 Å². The highest BCUT2D eigenvalue weighted by Crippen LogP contribution is 2.35. The molecule has 0 aliphatic rings. The first-order chi connectivity index (χ1) is 14.0. The fourth-order valence-corrected chi connectivity index (χ4v) is 3.31. The van der Waals surface area contributed by atoms with Gasteiger partial charge in [0.1, 0.15) is 17.7 Å². The highest BCUT2D eigenvalue weighted by molar-refractivity contribution is 5.98. The van der Waals surface area contributed by atoms with Gasteiger partial charge >= 0.3 is 0 Å². The first kappa shape index (κ1) is 20.7. The number of phenols is 1. The first-order valence-electron chi connectivity index (χ1n) is 10.0. The lowest BCUT2D eigenvalue weighted by Crippen LogP contribution is -2.30. The maximum atomic E-state index is 9.75. The van der Waals surface area contributed by atoms with Gasteiger partial charge in [0.25, 0.3) is 0 Å². The molecule has 0 bridgehead atoms. The van der Waals surface area contributed by atoms with Crippen molar-refractivity contribution >= 4 is 11.1 Å². The van der Waals surface area contributed by atoms with Crippen molar-refractivity contribution in [1.82, 2.24) is 4.90 Å². The highest BCUT2D eigenvalue weighted by Gasteiger charge is 2.14. The predicted octanol–water partition coefficient (Wildman–Crippen LogP) is 6.05. The monoisotopic (exact) mass is 387 g/mol. The van der Waals surface area contributed by atoms with Crippen molar-refractivity contribution in [1.29, 1.82) is 0 Å². The summed E-state index contributed by atoms with van der Waals surface area (Å²) in [4.78, 5) is 2.03. The van der Waals surface area contributed by atoms with Gasteiger partial charge in [-0.05, 0) is 79.5 Å². The van der Waals surface area contributed by atoms with Gasteiger partial charge in [-0.2, -0.15) is 0 Å². The van der Waals surface area contributed by atoms with Crippen LogP contribution in [0.5, 0.6) is 11.5 Å². The standard InChI is InChI=1S/C26H29NO2/c1-5-25(20-9-7-6-8-10-20)26(21-11-15-23(28)16-12-21)22-13-17-24(18-14-22)29-19(2)27(3)4/h6-19,28H,5H2,1-4H3/b26-25-. The Morgan fingerprint density at radius 2 is 1.38 bits per heavy atom. The van der Waals surface area contributed by atoms with Crippen molar-refractivity contribution in [2.75, 3.05) is 14.1 Å². The van der Waals surface area contributed by atoms with Crippen molar-refractivity contribution in [2.45, 2.75) is 26.5 Å². The van der Waals surface area contributed by atoms with Crippen LogP contribution in [0.4, 0.5) is 0 Å². The second kappa shape index (κ2) is 9.44. The molecule has 1 N–H and O–H groups in total. The van der Waals surface area contributed by atoms with Gasteiger partial charge in [0, 0.05) is 0 Å². The third-order valence-corrected chi connectivity index (χ3v) is 5.11. The Hall–Kier alpha value is -3.04. The minimum absolute atomic E-state index is 0.00322. The molecule has 0 aromatic heterocycles. The van der Waals surface area contributed by atoms with E-state index in [1.54, 1.807) is 12.1 Å². The molecule has 0 spiro atoms. The number of hydrogen-bond donors (Lipinski definition) is 1. The number of aromatic hydroxyl groups is 1. The topological polar surface area (TPSA) is 32.7 Å². The molecule has 0 aliphatic heterocycles. The summed E-state index contributed by atoms with van der Waals surface area (Å²) in [6, 6.07) is 26.2. The lowest BCUT2D eigenvalue weighted by atomic mass is 9.88. The molecule has 3 aromatic carbocycles. The Morgan fingerprint density at radius 3 is 1.90 bits per heavy atom. The maximum Gasteiger partial charge on any atom is 0.149 e. The Balaban J connectivity index is 2.08. The normalized spacial score (nSPS) is 13.1. The summed E-state index contributed by atoms with van der Waals surface area (Å²) in [5.41, 5.74) is 5.86. The van der Waals surface area contributed by atoms with Gasteiger partial charge in [-0.15, -0.1) is 0 Å². The molecule has 1 unspecified atom stereocenters. The molecule has 3 aromatic rings. The van der Waals surface area contributed by atoms with E-state index in [0.29, 0.717) is 0 Å². The van der Waals surface area contributed by atoms with E-state index < -0.39 is 0 Å². The summed E-state index contributed by atoms with van der Waals surface area (Å²) in [6.45, 7) is 4.21. The summed E-state index contributed by atoms with van der Waals surface area (Å²) >= 11 is 0. The smallest absolute Gasteiger partial charge is 0.149 e. The average Bonchev–Trinajstić information content (AvgIpc) is 2.74. The molecule has 29 heavy (non-hydrogen) atoms. The van der Waals surface area contributed by atoms with E-state index in [0.717, 1.165) is 23.3 Å². The van der Waals surface area contributed by atoms with E-state index >= 15 is 0 Å². The summed E-state index contributed by atoms with van der Waals surface area (Å²) in [5.74, 6) is 1.12. The van der Waals surface area contributed by atoms with E-state index in [-0.39, 0.29) is 12.0 Å². The molecule has 0 aliphatic carbocycles. The van der Waals surface area contributed by atoms with Crippen molar-refractivity contribution in [3.63, 3.8) is 0 Å². The van der Waals surface area contributed by atoms with Crippen LogP contribution in [0.15, 0.2) is 78.9 Å². The zero-order chi connectivity index (χ0) is 20.8. The lowest BCUT2D eigenvalue weighted by molar-refractivity contribution is 0.0815. The first-order valence-corrected chi connectivity index (χ1v) is 10.0. The third-order valence-electron chi connectivity index (χ3n) is 5.11. The fraction of sp³-hybridized carbons (Fsp3) is 0.231. The van der Waals surface area contributed by atoms with Gasteiger partial charge in [-0.25, -0.2) is 0 Å². The van der Waals surface area contributed by atoms with Gasteiger partial charge in [-0.3, -0.25) is 4.90 Å². The molecule has 0 amide bonds. The summed E-state index contributed by atoms with van der Waals surface area (Å²) in [5, 5.41) is 9.75. The second-order valence-corrected chi connectivity index (χ2v) is 7.33. The number of ether oxygens (including phenoxy) is 1. The van der Waals surface area contributed by atoms with E-state index in [1.165, 1.54) is 16.7 Å². The van der Waals surface area contributed by atoms with Gasteiger partial charge in [-0.1, -0.05) is 61.5 Å². The molecule has 1 atom stereocenters. The zero-order valence-electron chi connectivity index (χ0n) is 17.6. The number of phenolic OH excluding ortho intramolecular Hbond substituents is 1. The van der Waals surface area contributed by atoms with Gasteiger partial charge in [0.2, 0.25) is 0 Å². The van der Waals surface area contributed by atoms with Crippen LogP contribution in [0.2, 0.25) is 0 Å². The number of benzene rings is 3. The SMILES string of the molecule is CC/C(=C(\c1ccc(O)cc1)c1ccc(OC(C)N(C)C)cc1)c1ccccc1. The van der Waals surface area contributed by atoms with Crippen molar-refractivity contribution in [3.05, 3.63) is 95.6 Å². The van der Waals surface area contributed by atoms with Gasteiger partial charge in [0.05, 0.1) is 0 Å². The zero-order valence-corrected chi connectivity index (χ0v) is 17.6. The van der Waals surface area contributed by atoms with E-state index in [1.807, 2.05) is 56.3 Å². The van der Waals surface area contributed by atoms with Crippen molar-refractivity contribution in [3.8, 4) is 11.5 Å². The minimum atomic E-state index is 0.00322. The average molecular weight is 388 g/mol. The molecule has 3 rings (SSSR count). The molecule has 3 heteroatoms. The number of allylic oxidation sites excluding steroid dienone is 1. The maximum absolute atomic E-state index is 9.75. The summed E-state index contributed by atoms with van der Waals surface area (Å²) in [7, 11) is 4.00. The quantitative estimate of drug-likeness (QED) is 0.396. The predicted molar refractivity (Wildman–Crippen MR) is 121 cm³/mol. The number of hydrogen-bond acceptors (Lipinski definition) is 3. The minimum Gasteiger partial charge on any atom is -0.508 e. The lowest BCUT2D eigenvalue weighted by Gasteiger charge is -2.22. The molecule has 0 radical (unpaired) electrons. The van der Waals surface area contributed by atoms with Gasteiger partial charge < -0.3 is 9.84 Å². The molecule has 0 heterocycles. The molecular formula is C26H29NO2. The number of nitrogens with zero attached hydrogens (tertiary/aromatic N) is 1. The molecule has 3 nitrogen and oxygen atoms in total. The van der Waals surface area contributed by atoms with E-state index in [4.69, 9.17) is 4.74 Å². The Labute approximate surface area is 173 Å². The van der Waals surface area contributed by atoms with Crippen molar-refractivity contribution < 1.29 is 9.84 Å². The Morgan fingerprint density at radius 1 is 0.828 bits per heavy atom.